The number of nitrogens with one attached hydrogen (secondary N) is 1. The second kappa shape index (κ2) is 60.9. The van der Waals surface area contributed by atoms with Crippen LogP contribution in [0.5, 0.6) is 0 Å². The van der Waals surface area contributed by atoms with Gasteiger partial charge in [0.15, 0.2) is 0 Å². The Labute approximate surface area is 443 Å². The van der Waals surface area contributed by atoms with Gasteiger partial charge in [-0.2, -0.15) is 0 Å². The number of carbonyl (C=O) groups excluding carboxylic acids is 2. The molecule has 1 amide bonds. The van der Waals surface area contributed by atoms with E-state index in [4.69, 9.17) is 4.74 Å². The molecule has 2 atom stereocenters. The second-order valence-corrected chi connectivity index (χ2v) is 22.1. The molecule has 0 heterocycles. The molecule has 0 saturated carbocycles. The quantitative estimate of drug-likeness (QED) is 0.0320. The average molecular weight is 1000 g/mol. The van der Waals surface area contributed by atoms with E-state index in [0.717, 1.165) is 51.4 Å². The highest BCUT2D eigenvalue weighted by Gasteiger charge is 2.20. The molecule has 0 fully saturated rings. The van der Waals surface area contributed by atoms with Crippen LogP contribution in [-0.4, -0.2) is 47.4 Å². The second-order valence-electron chi connectivity index (χ2n) is 22.1. The van der Waals surface area contributed by atoms with Crippen LogP contribution in [0, 0.1) is 0 Å². The van der Waals surface area contributed by atoms with Gasteiger partial charge in [-0.1, -0.05) is 308 Å². The summed E-state index contributed by atoms with van der Waals surface area (Å²) in [5.74, 6) is -0.0327. The zero-order valence-electron chi connectivity index (χ0n) is 48.0. The molecule has 3 N–H and O–H groups in total. The Morgan fingerprint density at radius 2 is 0.704 bits per heavy atom. The van der Waals surface area contributed by atoms with E-state index in [0.29, 0.717) is 25.9 Å². The lowest BCUT2D eigenvalue weighted by Gasteiger charge is -2.22. The van der Waals surface area contributed by atoms with Crippen LogP contribution < -0.4 is 5.32 Å². The fraction of sp³-hybridized carbons (Fsp3) is 0.908. The van der Waals surface area contributed by atoms with E-state index in [1.807, 2.05) is 0 Å². The van der Waals surface area contributed by atoms with Gasteiger partial charge in [0.05, 0.1) is 25.4 Å². The minimum atomic E-state index is -0.667. The predicted molar refractivity (Wildman–Crippen MR) is 310 cm³/mol. The summed E-state index contributed by atoms with van der Waals surface area (Å²) in [5, 5.41) is 23.3. The topological polar surface area (TPSA) is 95.9 Å². The highest BCUT2D eigenvalue weighted by molar-refractivity contribution is 5.76. The van der Waals surface area contributed by atoms with Crippen molar-refractivity contribution < 1.29 is 24.5 Å². The Morgan fingerprint density at radius 1 is 0.394 bits per heavy atom. The lowest BCUT2D eigenvalue weighted by molar-refractivity contribution is -0.143. The van der Waals surface area contributed by atoms with Crippen LogP contribution in [-0.2, 0) is 14.3 Å². The minimum absolute atomic E-state index is 0.00246. The Bertz CT molecular complexity index is 1110. The first kappa shape index (κ1) is 69.3. The van der Waals surface area contributed by atoms with Crippen molar-refractivity contribution in [3.63, 3.8) is 0 Å². The van der Waals surface area contributed by atoms with Crippen LogP contribution in [0.1, 0.15) is 354 Å². The van der Waals surface area contributed by atoms with Crippen molar-refractivity contribution in [2.75, 3.05) is 13.2 Å². The molecule has 0 aliphatic rings. The number of rotatable bonds is 60. The van der Waals surface area contributed by atoms with E-state index in [1.165, 1.54) is 270 Å². The van der Waals surface area contributed by atoms with Crippen molar-refractivity contribution in [2.24, 2.45) is 0 Å². The zero-order valence-corrected chi connectivity index (χ0v) is 48.0. The van der Waals surface area contributed by atoms with E-state index in [9.17, 15) is 19.8 Å². The Kier molecular flexibility index (Phi) is 59.5. The summed E-state index contributed by atoms with van der Waals surface area (Å²) in [5.41, 5.74) is 0. The summed E-state index contributed by atoms with van der Waals surface area (Å²) < 4.78 is 5.49. The number of carbonyl (C=O) groups is 2. The highest BCUT2D eigenvalue weighted by atomic mass is 16.5. The summed E-state index contributed by atoms with van der Waals surface area (Å²) in [7, 11) is 0. The number of esters is 1. The predicted octanol–water partition coefficient (Wildman–Crippen LogP) is 20.2. The van der Waals surface area contributed by atoms with E-state index < -0.39 is 12.1 Å². The molecule has 0 aliphatic carbocycles. The first-order valence-electron chi connectivity index (χ1n) is 32.1. The molecule has 2 unspecified atom stereocenters. The molecule has 6 heteroatoms. The maximum Gasteiger partial charge on any atom is 0.305 e. The molecule has 0 bridgehead atoms. The number of aliphatic hydroxyl groups is 2. The molecular formula is C65H125NO5. The number of hydrogen-bond donors (Lipinski definition) is 3. The first-order chi connectivity index (χ1) is 35.0. The lowest BCUT2D eigenvalue weighted by atomic mass is 10.0. The molecule has 6 nitrogen and oxygen atoms in total. The summed E-state index contributed by atoms with van der Waals surface area (Å²) in [6, 6.07) is -0.544. The van der Waals surface area contributed by atoms with Crippen LogP contribution in [0.25, 0.3) is 0 Å². The van der Waals surface area contributed by atoms with Gasteiger partial charge in [-0.15, -0.1) is 0 Å². The van der Waals surface area contributed by atoms with Gasteiger partial charge < -0.3 is 20.3 Å². The van der Waals surface area contributed by atoms with Gasteiger partial charge in [-0.25, -0.2) is 0 Å². The van der Waals surface area contributed by atoms with E-state index >= 15 is 0 Å². The van der Waals surface area contributed by atoms with Gasteiger partial charge in [-0.05, 0) is 57.8 Å². The van der Waals surface area contributed by atoms with Crippen molar-refractivity contribution in [1.82, 2.24) is 5.32 Å². The fourth-order valence-electron chi connectivity index (χ4n) is 10.1. The molecule has 420 valence electrons. The molecule has 0 radical (unpaired) electrons. The molecule has 71 heavy (non-hydrogen) atoms. The number of hydrogen-bond acceptors (Lipinski definition) is 5. The standard InChI is InChI=1S/C65H125NO5/c1-3-5-7-9-11-13-15-17-19-21-27-31-35-39-43-47-51-55-59-65(70)71-60-56-52-48-44-40-36-32-28-24-22-23-26-30-34-38-42-46-50-54-58-64(69)66-62(61-67)63(68)57-53-49-45-41-37-33-29-25-20-18-16-14-12-10-8-6-4-2/h13,15,19,21,62-63,67-68H,3-12,14,16-18,20,22-61H2,1-2H3,(H,66,69)/b15-13-,21-19-. The Morgan fingerprint density at radius 3 is 1.08 bits per heavy atom. The lowest BCUT2D eigenvalue weighted by Crippen LogP contribution is -2.45. The molecule has 0 aromatic carbocycles. The Balaban J connectivity index is 3.39. The van der Waals surface area contributed by atoms with Crippen molar-refractivity contribution in [2.45, 2.75) is 366 Å². The maximum atomic E-state index is 12.5. The van der Waals surface area contributed by atoms with Crippen LogP contribution in [0.2, 0.25) is 0 Å². The minimum Gasteiger partial charge on any atom is -0.466 e. The number of ether oxygens (including phenoxy) is 1. The number of unbranched alkanes of at least 4 members (excludes halogenated alkanes) is 45. The third-order valence-corrected chi connectivity index (χ3v) is 15.0. The monoisotopic (exact) mass is 1000 g/mol. The summed E-state index contributed by atoms with van der Waals surface area (Å²) >= 11 is 0. The number of aliphatic hydroxyl groups excluding tert-OH is 2. The average Bonchev–Trinajstić information content (AvgIpc) is 3.37. The molecule has 0 rings (SSSR count). The SMILES string of the molecule is CCCCCC/C=C\C/C=C\CCCCCCCCCC(=O)OCCCCCCCCCCCCCCCCCCCCCC(=O)NC(CO)C(O)CCCCCCCCCCCCCCCCCCC. The highest BCUT2D eigenvalue weighted by Crippen LogP contribution is 2.18. The van der Waals surface area contributed by atoms with Gasteiger partial charge in [0.1, 0.15) is 0 Å². The van der Waals surface area contributed by atoms with Crippen molar-refractivity contribution in [1.29, 1.82) is 0 Å². The van der Waals surface area contributed by atoms with Crippen LogP contribution in [0.4, 0.5) is 0 Å². The molecule has 0 aromatic rings. The largest absolute Gasteiger partial charge is 0.466 e. The molecular weight excluding hydrogens is 875 g/mol. The van der Waals surface area contributed by atoms with Crippen LogP contribution in [0.3, 0.4) is 0 Å². The van der Waals surface area contributed by atoms with E-state index in [1.54, 1.807) is 0 Å². The van der Waals surface area contributed by atoms with E-state index in [-0.39, 0.29) is 18.5 Å². The molecule has 0 saturated heterocycles. The summed E-state index contributed by atoms with van der Waals surface area (Å²) in [4.78, 5) is 24.6. The van der Waals surface area contributed by atoms with Crippen LogP contribution >= 0.6 is 0 Å². The Hall–Kier alpha value is -1.66. The van der Waals surface area contributed by atoms with Gasteiger partial charge in [-0.3, -0.25) is 9.59 Å². The zero-order chi connectivity index (χ0) is 51.4. The normalized spacial score (nSPS) is 12.7. The maximum absolute atomic E-state index is 12.5. The first-order valence-corrected chi connectivity index (χ1v) is 32.1. The van der Waals surface area contributed by atoms with Gasteiger partial charge >= 0.3 is 5.97 Å². The molecule has 0 aliphatic heterocycles. The van der Waals surface area contributed by atoms with Crippen molar-refractivity contribution in [3.05, 3.63) is 24.3 Å². The summed E-state index contributed by atoms with van der Waals surface area (Å²) in [6.07, 6.45) is 74.7. The van der Waals surface area contributed by atoms with Gasteiger partial charge in [0.25, 0.3) is 0 Å². The van der Waals surface area contributed by atoms with Crippen molar-refractivity contribution in [3.8, 4) is 0 Å². The van der Waals surface area contributed by atoms with Crippen LogP contribution in [0.15, 0.2) is 24.3 Å². The van der Waals surface area contributed by atoms with Gasteiger partial charge in [0.2, 0.25) is 5.91 Å². The summed E-state index contributed by atoms with van der Waals surface area (Å²) in [6.45, 7) is 4.95. The smallest absolute Gasteiger partial charge is 0.305 e. The molecule has 0 aromatic heterocycles. The number of amides is 1. The molecule has 0 spiro atoms. The van der Waals surface area contributed by atoms with Crippen molar-refractivity contribution >= 4 is 11.9 Å². The third-order valence-electron chi connectivity index (χ3n) is 15.0. The third kappa shape index (κ3) is 57.5. The fourth-order valence-corrected chi connectivity index (χ4v) is 10.1. The van der Waals surface area contributed by atoms with E-state index in [2.05, 4.69) is 43.5 Å². The van der Waals surface area contributed by atoms with Gasteiger partial charge in [0, 0.05) is 12.8 Å². The number of allylic oxidation sites excluding steroid dienone is 4.